The van der Waals surface area contributed by atoms with Gasteiger partial charge in [0, 0.05) is 13.2 Å². The maximum atomic E-state index is 11.1. The SMILES string of the molecule is CCC1CCNC(C(O)(COC)c2ccccc2)C1. The first kappa shape index (κ1) is 14.5. The van der Waals surface area contributed by atoms with Gasteiger partial charge >= 0.3 is 0 Å². The van der Waals surface area contributed by atoms with Crippen LogP contribution in [0, 0.1) is 5.92 Å². The molecule has 1 fully saturated rings. The Kier molecular flexibility index (Phi) is 4.97. The van der Waals surface area contributed by atoms with E-state index in [1.54, 1.807) is 7.11 Å². The predicted octanol–water partition coefficient (Wildman–Crippen LogP) is 2.30. The number of ether oxygens (including phenoxy) is 1. The Bertz CT molecular complexity index is 382. The van der Waals surface area contributed by atoms with Gasteiger partial charge in [0.15, 0.2) is 0 Å². The van der Waals surface area contributed by atoms with E-state index in [1.165, 1.54) is 12.8 Å². The quantitative estimate of drug-likeness (QED) is 0.856. The van der Waals surface area contributed by atoms with Crippen LogP contribution in [-0.2, 0) is 10.3 Å². The van der Waals surface area contributed by atoms with E-state index in [0.29, 0.717) is 12.5 Å². The molecule has 3 nitrogen and oxygen atoms in total. The number of piperidine rings is 1. The van der Waals surface area contributed by atoms with Gasteiger partial charge in [-0.15, -0.1) is 0 Å². The lowest BCUT2D eigenvalue weighted by molar-refractivity contribution is -0.0740. The third kappa shape index (κ3) is 3.16. The lowest BCUT2D eigenvalue weighted by atomic mass is 9.78. The lowest BCUT2D eigenvalue weighted by Crippen LogP contribution is -2.54. The van der Waals surface area contributed by atoms with E-state index in [2.05, 4.69) is 12.2 Å². The van der Waals surface area contributed by atoms with Crippen molar-refractivity contribution in [2.45, 2.75) is 37.8 Å². The third-order valence-electron chi connectivity index (χ3n) is 4.30. The van der Waals surface area contributed by atoms with Crippen molar-refractivity contribution in [1.29, 1.82) is 0 Å². The molecule has 3 heteroatoms. The topological polar surface area (TPSA) is 41.5 Å². The zero-order valence-electron chi connectivity index (χ0n) is 11.9. The van der Waals surface area contributed by atoms with Gasteiger partial charge in [-0.1, -0.05) is 43.7 Å². The summed E-state index contributed by atoms with van der Waals surface area (Å²) in [5, 5.41) is 14.6. The number of methoxy groups -OCH3 is 1. The van der Waals surface area contributed by atoms with Gasteiger partial charge in [-0.05, 0) is 30.9 Å². The van der Waals surface area contributed by atoms with E-state index in [0.717, 1.165) is 18.5 Å². The van der Waals surface area contributed by atoms with Crippen LogP contribution in [0.5, 0.6) is 0 Å². The van der Waals surface area contributed by atoms with Crippen molar-refractivity contribution in [3.05, 3.63) is 35.9 Å². The van der Waals surface area contributed by atoms with Crippen LogP contribution in [0.25, 0.3) is 0 Å². The average Bonchev–Trinajstić information content (AvgIpc) is 2.48. The number of rotatable bonds is 5. The van der Waals surface area contributed by atoms with Crippen molar-refractivity contribution in [2.75, 3.05) is 20.3 Å². The summed E-state index contributed by atoms with van der Waals surface area (Å²) in [6, 6.07) is 9.94. The molecule has 0 aliphatic carbocycles. The zero-order valence-corrected chi connectivity index (χ0v) is 11.9. The van der Waals surface area contributed by atoms with Crippen LogP contribution >= 0.6 is 0 Å². The zero-order chi connectivity index (χ0) is 13.7. The molecule has 1 heterocycles. The Morgan fingerprint density at radius 2 is 2.11 bits per heavy atom. The molecule has 0 aromatic heterocycles. The first-order chi connectivity index (χ1) is 9.20. The highest BCUT2D eigenvalue weighted by molar-refractivity contribution is 5.25. The van der Waals surface area contributed by atoms with Crippen molar-refractivity contribution in [3.8, 4) is 0 Å². The van der Waals surface area contributed by atoms with Crippen molar-refractivity contribution in [2.24, 2.45) is 5.92 Å². The molecular weight excluding hydrogens is 238 g/mol. The molecule has 1 aromatic carbocycles. The molecule has 0 radical (unpaired) electrons. The van der Waals surface area contributed by atoms with Gasteiger partial charge in [0.05, 0.1) is 6.61 Å². The first-order valence-electron chi connectivity index (χ1n) is 7.21. The van der Waals surface area contributed by atoms with Crippen LogP contribution in [-0.4, -0.2) is 31.4 Å². The van der Waals surface area contributed by atoms with Gasteiger partial charge in [-0.2, -0.15) is 0 Å². The standard InChI is InChI=1S/C16H25NO2/c1-3-13-9-10-17-15(11-13)16(18,12-19-2)14-7-5-4-6-8-14/h4-8,13,15,17-18H,3,9-12H2,1-2H3. The van der Waals surface area contributed by atoms with Crippen LogP contribution in [0.15, 0.2) is 30.3 Å². The highest BCUT2D eigenvalue weighted by Gasteiger charge is 2.40. The van der Waals surface area contributed by atoms with Crippen molar-refractivity contribution in [1.82, 2.24) is 5.32 Å². The molecule has 106 valence electrons. The second-order valence-electron chi connectivity index (χ2n) is 5.53. The highest BCUT2D eigenvalue weighted by Crippen LogP contribution is 2.32. The predicted molar refractivity (Wildman–Crippen MR) is 77.0 cm³/mol. The van der Waals surface area contributed by atoms with Crippen LogP contribution in [0.2, 0.25) is 0 Å². The number of hydrogen-bond donors (Lipinski definition) is 2. The fourth-order valence-electron chi connectivity index (χ4n) is 3.06. The largest absolute Gasteiger partial charge is 0.381 e. The first-order valence-corrected chi connectivity index (χ1v) is 7.21. The van der Waals surface area contributed by atoms with Crippen LogP contribution in [0.1, 0.15) is 31.7 Å². The van der Waals surface area contributed by atoms with Crippen LogP contribution in [0.3, 0.4) is 0 Å². The Morgan fingerprint density at radius 3 is 2.74 bits per heavy atom. The molecular formula is C16H25NO2. The number of benzene rings is 1. The van der Waals surface area contributed by atoms with Crippen molar-refractivity contribution < 1.29 is 9.84 Å². The maximum Gasteiger partial charge on any atom is 0.128 e. The molecule has 0 amide bonds. The fourth-order valence-corrected chi connectivity index (χ4v) is 3.06. The molecule has 3 atom stereocenters. The minimum Gasteiger partial charge on any atom is -0.381 e. The molecule has 2 rings (SSSR count). The monoisotopic (exact) mass is 263 g/mol. The molecule has 1 aliphatic heterocycles. The second-order valence-corrected chi connectivity index (χ2v) is 5.53. The molecule has 0 bridgehead atoms. The average molecular weight is 263 g/mol. The molecule has 0 saturated carbocycles. The Balaban J connectivity index is 2.23. The van der Waals surface area contributed by atoms with Crippen molar-refractivity contribution in [3.63, 3.8) is 0 Å². The summed E-state index contributed by atoms with van der Waals surface area (Å²) in [5.74, 6) is 0.693. The molecule has 2 N–H and O–H groups in total. The normalized spacial score (nSPS) is 26.9. The number of hydrogen-bond acceptors (Lipinski definition) is 3. The van der Waals surface area contributed by atoms with E-state index in [-0.39, 0.29) is 6.04 Å². The van der Waals surface area contributed by atoms with Crippen LogP contribution in [0.4, 0.5) is 0 Å². The minimum absolute atomic E-state index is 0.0635. The summed E-state index contributed by atoms with van der Waals surface area (Å²) in [5.41, 5.74) is -0.00442. The molecule has 1 aromatic rings. The molecule has 0 spiro atoms. The summed E-state index contributed by atoms with van der Waals surface area (Å²) in [7, 11) is 1.65. The molecule has 1 saturated heterocycles. The van der Waals surface area contributed by atoms with Gasteiger partial charge in [-0.3, -0.25) is 0 Å². The minimum atomic E-state index is -0.941. The Morgan fingerprint density at radius 1 is 1.37 bits per heavy atom. The number of nitrogens with one attached hydrogen (secondary N) is 1. The van der Waals surface area contributed by atoms with Gasteiger partial charge in [0.1, 0.15) is 5.60 Å². The maximum absolute atomic E-state index is 11.1. The van der Waals surface area contributed by atoms with Gasteiger partial charge in [0.2, 0.25) is 0 Å². The van der Waals surface area contributed by atoms with E-state index in [4.69, 9.17) is 4.74 Å². The lowest BCUT2D eigenvalue weighted by Gasteiger charge is -2.41. The van der Waals surface area contributed by atoms with E-state index in [9.17, 15) is 5.11 Å². The summed E-state index contributed by atoms with van der Waals surface area (Å²) in [4.78, 5) is 0. The van der Waals surface area contributed by atoms with E-state index in [1.807, 2.05) is 30.3 Å². The summed E-state index contributed by atoms with van der Waals surface area (Å²) >= 11 is 0. The Labute approximate surface area is 116 Å². The summed E-state index contributed by atoms with van der Waals surface area (Å²) in [6.07, 6.45) is 3.38. The van der Waals surface area contributed by atoms with Crippen LogP contribution < -0.4 is 5.32 Å². The summed E-state index contributed by atoms with van der Waals surface area (Å²) in [6.45, 7) is 3.53. The molecule has 1 aliphatic rings. The fraction of sp³-hybridized carbons (Fsp3) is 0.625. The van der Waals surface area contributed by atoms with Gasteiger partial charge in [0.25, 0.3) is 0 Å². The number of aliphatic hydroxyl groups is 1. The van der Waals surface area contributed by atoms with E-state index >= 15 is 0 Å². The smallest absolute Gasteiger partial charge is 0.128 e. The highest BCUT2D eigenvalue weighted by atomic mass is 16.5. The third-order valence-corrected chi connectivity index (χ3v) is 4.30. The van der Waals surface area contributed by atoms with Gasteiger partial charge in [-0.25, -0.2) is 0 Å². The second kappa shape index (κ2) is 6.51. The summed E-state index contributed by atoms with van der Waals surface area (Å²) < 4.78 is 5.29. The Hall–Kier alpha value is -0.900. The van der Waals surface area contributed by atoms with E-state index < -0.39 is 5.60 Å². The van der Waals surface area contributed by atoms with Crippen molar-refractivity contribution >= 4 is 0 Å². The van der Waals surface area contributed by atoms with Gasteiger partial charge < -0.3 is 15.2 Å². The molecule has 19 heavy (non-hydrogen) atoms. The molecule has 3 unspecified atom stereocenters.